The quantitative estimate of drug-likeness (QED) is 0.386. The first-order valence-corrected chi connectivity index (χ1v) is 8.96. The third-order valence-corrected chi connectivity index (χ3v) is 4.85. The second-order valence-corrected chi connectivity index (χ2v) is 6.95. The van der Waals surface area contributed by atoms with Gasteiger partial charge in [0.15, 0.2) is 0 Å². The highest BCUT2D eigenvalue weighted by Crippen LogP contribution is 2.18. The van der Waals surface area contributed by atoms with Gasteiger partial charge >= 0.3 is 0 Å². The van der Waals surface area contributed by atoms with Crippen LogP contribution in [0.15, 0.2) is 53.4 Å². The van der Waals surface area contributed by atoms with Crippen molar-refractivity contribution in [2.24, 2.45) is 0 Å². The van der Waals surface area contributed by atoms with E-state index in [0.29, 0.717) is 0 Å². The molecular weight excluding hydrogens is 380 g/mol. The lowest BCUT2D eigenvalue weighted by molar-refractivity contribution is -0.385. The zero-order chi connectivity index (χ0) is 20.0. The molecular formula is C15H14N4O7S. The average Bonchev–Trinajstić information content (AvgIpc) is 2.65. The first-order chi connectivity index (χ1) is 12.7. The summed E-state index contributed by atoms with van der Waals surface area (Å²) in [4.78, 5) is 31.9. The van der Waals surface area contributed by atoms with Crippen LogP contribution in [0.25, 0.3) is 0 Å². The van der Waals surface area contributed by atoms with E-state index in [2.05, 4.69) is 10.0 Å². The van der Waals surface area contributed by atoms with Crippen LogP contribution in [-0.2, 0) is 10.0 Å². The van der Waals surface area contributed by atoms with Gasteiger partial charge in [0.2, 0.25) is 10.0 Å². The molecule has 12 heteroatoms. The number of amides is 1. The highest BCUT2D eigenvalue weighted by atomic mass is 32.2. The fraction of sp³-hybridized carbons (Fsp3) is 0.133. The molecule has 2 N–H and O–H groups in total. The van der Waals surface area contributed by atoms with Gasteiger partial charge in [0.25, 0.3) is 17.3 Å². The van der Waals surface area contributed by atoms with Crippen LogP contribution in [0.5, 0.6) is 0 Å². The molecule has 0 unspecified atom stereocenters. The normalized spacial score (nSPS) is 11.0. The monoisotopic (exact) mass is 394 g/mol. The van der Waals surface area contributed by atoms with Crippen molar-refractivity contribution >= 4 is 27.3 Å². The maximum Gasteiger partial charge on any atom is 0.282 e. The number of nitro benzene ring substituents is 2. The smallest absolute Gasteiger partial charge is 0.282 e. The van der Waals surface area contributed by atoms with Gasteiger partial charge in [0, 0.05) is 31.3 Å². The van der Waals surface area contributed by atoms with Crippen molar-refractivity contribution in [1.29, 1.82) is 0 Å². The second kappa shape index (κ2) is 8.33. The van der Waals surface area contributed by atoms with Gasteiger partial charge in [-0.2, -0.15) is 0 Å². The van der Waals surface area contributed by atoms with Crippen molar-refractivity contribution in [2.75, 3.05) is 13.1 Å². The molecule has 0 spiro atoms. The number of nitro groups is 2. The zero-order valence-electron chi connectivity index (χ0n) is 13.7. The molecule has 2 aromatic rings. The summed E-state index contributed by atoms with van der Waals surface area (Å²) in [7, 11) is -4.01. The SMILES string of the molecule is O=C(NCCNS(=O)(=O)c1cccc([N+](=O)[O-])c1)c1ccccc1[N+](=O)[O-]. The molecule has 2 aromatic carbocycles. The zero-order valence-corrected chi connectivity index (χ0v) is 14.5. The minimum absolute atomic E-state index is 0.140. The first kappa shape index (κ1) is 19.9. The van der Waals surface area contributed by atoms with Crippen molar-refractivity contribution in [2.45, 2.75) is 4.90 Å². The van der Waals surface area contributed by atoms with Crippen LogP contribution in [0, 0.1) is 20.2 Å². The minimum atomic E-state index is -4.01. The lowest BCUT2D eigenvalue weighted by Crippen LogP contribution is -2.34. The Hall–Kier alpha value is -3.38. The molecule has 0 fully saturated rings. The van der Waals surface area contributed by atoms with Gasteiger partial charge in [0.05, 0.1) is 14.7 Å². The average molecular weight is 394 g/mol. The van der Waals surface area contributed by atoms with E-state index >= 15 is 0 Å². The Morgan fingerprint density at radius 2 is 1.67 bits per heavy atom. The Bertz CT molecular complexity index is 991. The van der Waals surface area contributed by atoms with Gasteiger partial charge in [-0.25, -0.2) is 13.1 Å². The van der Waals surface area contributed by atoms with Crippen LogP contribution in [0.2, 0.25) is 0 Å². The summed E-state index contributed by atoms with van der Waals surface area (Å²) in [6, 6.07) is 9.85. The molecule has 0 radical (unpaired) electrons. The molecule has 0 aliphatic rings. The van der Waals surface area contributed by atoms with Gasteiger partial charge in [-0.3, -0.25) is 25.0 Å². The van der Waals surface area contributed by atoms with Gasteiger partial charge in [-0.05, 0) is 12.1 Å². The summed E-state index contributed by atoms with van der Waals surface area (Å²) < 4.78 is 26.4. The van der Waals surface area contributed by atoms with Crippen LogP contribution in [0.3, 0.4) is 0 Å². The molecule has 0 saturated heterocycles. The van der Waals surface area contributed by atoms with E-state index in [1.54, 1.807) is 0 Å². The molecule has 1 amide bonds. The Labute approximate surface area is 153 Å². The summed E-state index contributed by atoms with van der Waals surface area (Å²) in [6.45, 7) is -0.351. The predicted octanol–water partition coefficient (Wildman–Crippen LogP) is 1.21. The number of hydrogen-bond acceptors (Lipinski definition) is 7. The molecule has 2 rings (SSSR count). The van der Waals surface area contributed by atoms with Gasteiger partial charge in [0.1, 0.15) is 5.56 Å². The minimum Gasteiger partial charge on any atom is -0.351 e. The molecule has 27 heavy (non-hydrogen) atoms. The number of rotatable bonds is 8. The second-order valence-electron chi connectivity index (χ2n) is 5.18. The number of nitrogens with one attached hydrogen (secondary N) is 2. The van der Waals surface area contributed by atoms with Crippen molar-refractivity contribution in [1.82, 2.24) is 10.0 Å². The van der Waals surface area contributed by atoms with Crippen LogP contribution >= 0.6 is 0 Å². The van der Waals surface area contributed by atoms with Crippen molar-refractivity contribution in [3.05, 3.63) is 74.3 Å². The Kier molecular flexibility index (Phi) is 6.15. The Balaban J connectivity index is 1.96. The Morgan fingerprint density at radius 3 is 2.33 bits per heavy atom. The summed E-state index contributed by atoms with van der Waals surface area (Å²) >= 11 is 0. The van der Waals surface area contributed by atoms with Crippen LogP contribution in [0.4, 0.5) is 11.4 Å². The van der Waals surface area contributed by atoms with E-state index in [9.17, 15) is 33.4 Å². The van der Waals surface area contributed by atoms with Crippen LogP contribution in [-0.4, -0.2) is 37.3 Å². The number of benzene rings is 2. The molecule has 0 aliphatic heterocycles. The molecule has 0 aromatic heterocycles. The van der Waals surface area contributed by atoms with E-state index < -0.39 is 25.8 Å². The number of carbonyl (C=O) groups is 1. The molecule has 142 valence electrons. The molecule has 0 saturated carbocycles. The summed E-state index contributed by atoms with van der Waals surface area (Å²) in [6.07, 6.45) is 0. The molecule has 0 bridgehead atoms. The standard InChI is InChI=1S/C15H14N4O7S/c20-15(13-6-1-2-7-14(13)19(23)24)16-8-9-17-27(25,26)12-5-3-4-11(10-12)18(21)22/h1-7,10,17H,8-9H2,(H,16,20). The first-order valence-electron chi connectivity index (χ1n) is 7.48. The highest BCUT2D eigenvalue weighted by molar-refractivity contribution is 7.89. The van der Waals surface area contributed by atoms with E-state index in [1.807, 2.05) is 0 Å². The number of nitrogens with zero attached hydrogens (tertiary/aromatic N) is 2. The van der Waals surface area contributed by atoms with Crippen LogP contribution in [0.1, 0.15) is 10.4 Å². The third kappa shape index (κ3) is 5.05. The lowest BCUT2D eigenvalue weighted by Gasteiger charge is -2.08. The number of para-hydroxylation sites is 1. The van der Waals surface area contributed by atoms with Crippen molar-refractivity contribution in [3.63, 3.8) is 0 Å². The van der Waals surface area contributed by atoms with Crippen molar-refractivity contribution in [3.8, 4) is 0 Å². The van der Waals surface area contributed by atoms with Crippen LogP contribution < -0.4 is 10.0 Å². The molecule has 0 aliphatic carbocycles. The summed E-state index contributed by atoms with van der Waals surface area (Å²) in [5.41, 5.74) is -0.890. The van der Waals surface area contributed by atoms with E-state index in [1.165, 1.54) is 36.4 Å². The summed E-state index contributed by atoms with van der Waals surface area (Å²) in [5.74, 6) is -0.725. The highest BCUT2D eigenvalue weighted by Gasteiger charge is 2.20. The number of hydrogen-bond donors (Lipinski definition) is 2. The summed E-state index contributed by atoms with van der Waals surface area (Å²) in [5, 5.41) is 24.0. The van der Waals surface area contributed by atoms with Gasteiger partial charge < -0.3 is 5.32 Å². The van der Waals surface area contributed by atoms with Gasteiger partial charge in [-0.1, -0.05) is 18.2 Å². The molecule has 0 atom stereocenters. The third-order valence-electron chi connectivity index (χ3n) is 3.39. The van der Waals surface area contributed by atoms with E-state index in [-0.39, 0.29) is 34.9 Å². The van der Waals surface area contributed by atoms with Crippen molar-refractivity contribution < 1.29 is 23.1 Å². The number of carbonyl (C=O) groups excluding carboxylic acids is 1. The molecule has 11 nitrogen and oxygen atoms in total. The van der Waals surface area contributed by atoms with Gasteiger partial charge in [-0.15, -0.1) is 0 Å². The fourth-order valence-corrected chi connectivity index (χ4v) is 3.20. The maximum absolute atomic E-state index is 12.1. The predicted molar refractivity (Wildman–Crippen MR) is 93.7 cm³/mol. The number of non-ortho nitro benzene ring substituents is 1. The van der Waals surface area contributed by atoms with E-state index in [0.717, 1.165) is 12.1 Å². The topological polar surface area (TPSA) is 162 Å². The maximum atomic E-state index is 12.1. The Morgan fingerprint density at radius 1 is 0.963 bits per heavy atom. The fourth-order valence-electron chi connectivity index (χ4n) is 2.13. The number of sulfonamides is 1. The lowest BCUT2D eigenvalue weighted by atomic mass is 10.1. The van der Waals surface area contributed by atoms with E-state index in [4.69, 9.17) is 0 Å². The largest absolute Gasteiger partial charge is 0.351 e. The molecule has 0 heterocycles.